The second-order valence-corrected chi connectivity index (χ2v) is 3.09. The minimum Gasteiger partial charge on any atom is -0.374 e. The molecular weight excluding hydrogens is 210 g/mol. The molecule has 7 heteroatoms. The first-order valence-electron chi connectivity index (χ1n) is 4.52. The number of ether oxygens (including phenoxy) is 1. The number of imide groups is 1. The van der Waals surface area contributed by atoms with Gasteiger partial charge in [0.05, 0.1) is 19.1 Å². The zero-order valence-corrected chi connectivity index (χ0v) is 7.96. The van der Waals surface area contributed by atoms with Gasteiger partial charge in [-0.15, -0.1) is 0 Å². The second-order valence-electron chi connectivity index (χ2n) is 3.09. The van der Waals surface area contributed by atoms with Crippen LogP contribution in [0.1, 0.15) is 6.42 Å². The van der Waals surface area contributed by atoms with Gasteiger partial charge in [-0.3, -0.25) is 14.9 Å². The molecule has 0 saturated carbocycles. The van der Waals surface area contributed by atoms with Gasteiger partial charge in [0, 0.05) is 6.54 Å². The summed E-state index contributed by atoms with van der Waals surface area (Å²) in [6, 6.07) is -0.562. The lowest BCUT2D eigenvalue weighted by molar-refractivity contribution is -0.125. The molecular formula is C8H12F2N2O3. The van der Waals surface area contributed by atoms with E-state index in [-0.39, 0.29) is 31.4 Å². The third-order valence-electron chi connectivity index (χ3n) is 1.85. The summed E-state index contributed by atoms with van der Waals surface area (Å²) in [5.41, 5.74) is 0. The number of amides is 2. The Labute approximate surface area is 85.2 Å². The molecule has 1 fully saturated rings. The van der Waals surface area contributed by atoms with Crippen molar-refractivity contribution in [2.75, 3.05) is 19.8 Å². The SMILES string of the molecule is O=C1CC(NCCOCC(F)F)C(=O)N1. The Balaban J connectivity index is 2.05. The zero-order valence-electron chi connectivity index (χ0n) is 7.96. The molecule has 5 nitrogen and oxygen atoms in total. The van der Waals surface area contributed by atoms with Crippen LogP contribution in [0, 0.1) is 0 Å². The van der Waals surface area contributed by atoms with Crippen molar-refractivity contribution in [1.82, 2.24) is 10.6 Å². The maximum Gasteiger partial charge on any atom is 0.261 e. The number of alkyl halides is 2. The van der Waals surface area contributed by atoms with Gasteiger partial charge < -0.3 is 10.1 Å². The van der Waals surface area contributed by atoms with Crippen LogP contribution in [0.3, 0.4) is 0 Å². The summed E-state index contributed by atoms with van der Waals surface area (Å²) in [7, 11) is 0. The van der Waals surface area contributed by atoms with Gasteiger partial charge >= 0.3 is 0 Å². The van der Waals surface area contributed by atoms with Crippen molar-refractivity contribution in [1.29, 1.82) is 0 Å². The molecule has 1 aliphatic rings. The van der Waals surface area contributed by atoms with Gasteiger partial charge in [-0.05, 0) is 0 Å². The fourth-order valence-electron chi connectivity index (χ4n) is 1.20. The Hall–Kier alpha value is -1.08. The van der Waals surface area contributed by atoms with Crippen LogP contribution in [0.25, 0.3) is 0 Å². The van der Waals surface area contributed by atoms with Crippen molar-refractivity contribution < 1.29 is 23.1 Å². The van der Waals surface area contributed by atoms with E-state index in [0.717, 1.165) is 0 Å². The summed E-state index contributed by atoms with van der Waals surface area (Å²) in [5, 5.41) is 4.86. The quantitative estimate of drug-likeness (QED) is 0.459. The predicted octanol–water partition coefficient (Wildman–Crippen LogP) is -0.727. The number of hydrogen-bond donors (Lipinski definition) is 2. The zero-order chi connectivity index (χ0) is 11.3. The lowest BCUT2D eigenvalue weighted by Crippen LogP contribution is -2.38. The highest BCUT2D eigenvalue weighted by Gasteiger charge is 2.29. The van der Waals surface area contributed by atoms with Crippen molar-refractivity contribution >= 4 is 11.8 Å². The molecule has 0 bridgehead atoms. The molecule has 15 heavy (non-hydrogen) atoms. The van der Waals surface area contributed by atoms with Gasteiger partial charge in [-0.25, -0.2) is 8.78 Å². The molecule has 1 saturated heterocycles. The third kappa shape index (κ3) is 4.30. The fourth-order valence-corrected chi connectivity index (χ4v) is 1.20. The highest BCUT2D eigenvalue weighted by molar-refractivity contribution is 6.05. The van der Waals surface area contributed by atoms with Gasteiger partial charge in [-0.2, -0.15) is 0 Å². The molecule has 1 unspecified atom stereocenters. The standard InChI is InChI=1S/C8H12F2N2O3/c9-6(10)4-15-2-1-11-5-3-7(13)12-8(5)14/h5-6,11H,1-4H2,(H,12,13,14). The van der Waals surface area contributed by atoms with Crippen molar-refractivity contribution in [3.05, 3.63) is 0 Å². The highest BCUT2D eigenvalue weighted by Crippen LogP contribution is 2.00. The Morgan fingerprint density at radius 1 is 1.53 bits per heavy atom. The molecule has 0 aromatic rings. The van der Waals surface area contributed by atoms with E-state index < -0.39 is 19.1 Å². The molecule has 0 aromatic heterocycles. The van der Waals surface area contributed by atoms with Crippen molar-refractivity contribution in [3.63, 3.8) is 0 Å². The monoisotopic (exact) mass is 222 g/mol. The molecule has 1 rings (SSSR count). The normalized spacial score (nSPS) is 21.1. The summed E-state index contributed by atoms with van der Waals surface area (Å²) in [6.45, 7) is -0.266. The van der Waals surface area contributed by atoms with E-state index in [9.17, 15) is 18.4 Å². The number of halogens is 2. The third-order valence-corrected chi connectivity index (χ3v) is 1.85. The van der Waals surface area contributed by atoms with E-state index in [1.54, 1.807) is 0 Å². The molecule has 2 N–H and O–H groups in total. The largest absolute Gasteiger partial charge is 0.374 e. The van der Waals surface area contributed by atoms with Crippen LogP contribution in [-0.4, -0.2) is 44.0 Å². The molecule has 1 aliphatic heterocycles. The Morgan fingerprint density at radius 3 is 2.80 bits per heavy atom. The smallest absolute Gasteiger partial charge is 0.261 e. The molecule has 86 valence electrons. The van der Waals surface area contributed by atoms with Crippen molar-refractivity contribution in [3.8, 4) is 0 Å². The van der Waals surface area contributed by atoms with Crippen LogP contribution >= 0.6 is 0 Å². The molecule has 0 aromatic carbocycles. The van der Waals surface area contributed by atoms with E-state index in [0.29, 0.717) is 0 Å². The van der Waals surface area contributed by atoms with Gasteiger partial charge in [0.15, 0.2) is 0 Å². The topological polar surface area (TPSA) is 67.4 Å². The maximum atomic E-state index is 11.6. The number of carbonyl (C=O) groups is 2. The number of hydrogen-bond acceptors (Lipinski definition) is 4. The Bertz CT molecular complexity index is 248. The minimum absolute atomic E-state index is 0.0856. The molecule has 0 aliphatic carbocycles. The van der Waals surface area contributed by atoms with E-state index in [1.165, 1.54) is 0 Å². The Morgan fingerprint density at radius 2 is 2.27 bits per heavy atom. The van der Waals surface area contributed by atoms with E-state index in [4.69, 9.17) is 0 Å². The summed E-state index contributed by atoms with van der Waals surface area (Å²) >= 11 is 0. The second kappa shape index (κ2) is 5.72. The average molecular weight is 222 g/mol. The molecule has 1 atom stereocenters. The molecule has 0 radical (unpaired) electrons. The average Bonchev–Trinajstić information content (AvgIpc) is 2.44. The summed E-state index contributed by atoms with van der Waals surface area (Å²) in [4.78, 5) is 21.7. The van der Waals surface area contributed by atoms with Crippen molar-refractivity contribution in [2.24, 2.45) is 0 Å². The minimum atomic E-state index is -2.48. The van der Waals surface area contributed by atoms with Crippen LogP contribution in [0.4, 0.5) is 8.78 Å². The van der Waals surface area contributed by atoms with Gasteiger partial charge in [0.25, 0.3) is 6.43 Å². The lowest BCUT2D eigenvalue weighted by atomic mass is 10.2. The van der Waals surface area contributed by atoms with Gasteiger partial charge in [-0.1, -0.05) is 0 Å². The summed E-state index contributed by atoms with van der Waals surface area (Å²) in [5.74, 6) is -0.708. The maximum absolute atomic E-state index is 11.6. The lowest BCUT2D eigenvalue weighted by Gasteiger charge is -2.08. The fraction of sp³-hybridized carbons (Fsp3) is 0.750. The van der Waals surface area contributed by atoms with Gasteiger partial charge in [0.2, 0.25) is 11.8 Å². The van der Waals surface area contributed by atoms with E-state index >= 15 is 0 Å². The highest BCUT2D eigenvalue weighted by atomic mass is 19.3. The first-order chi connectivity index (χ1) is 7.09. The predicted molar refractivity (Wildman–Crippen MR) is 46.4 cm³/mol. The number of carbonyl (C=O) groups excluding carboxylic acids is 2. The summed E-state index contributed by atoms with van der Waals surface area (Å²) < 4.78 is 27.8. The molecule has 2 amide bonds. The van der Waals surface area contributed by atoms with Crippen molar-refractivity contribution in [2.45, 2.75) is 18.9 Å². The van der Waals surface area contributed by atoms with E-state index in [1.807, 2.05) is 0 Å². The Kier molecular flexibility index (Phi) is 4.57. The number of rotatable bonds is 6. The molecule has 0 spiro atoms. The first-order valence-corrected chi connectivity index (χ1v) is 4.52. The first kappa shape index (κ1) is 12.0. The van der Waals surface area contributed by atoms with Gasteiger partial charge in [0.1, 0.15) is 6.61 Å². The van der Waals surface area contributed by atoms with Crippen LogP contribution in [-0.2, 0) is 14.3 Å². The molecule has 1 heterocycles. The summed E-state index contributed by atoms with van der Waals surface area (Å²) in [6.07, 6.45) is -2.39. The van der Waals surface area contributed by atoms with E-state index in [2.05, 4.69) is 15.4 Å². The van der Waals surface area contributed by atoms with Crippen LogP contribution in [0.15, 0.2) is 0 Å². The van der Waals surface area contributed by atoms with Crippen LogP contribution in [0.5, 0.6) is 0 Å². The number of nitrogens with one attached hydrogen (secondary N) is 2. The van der Waals surface area contributed by atoms with Crippen LogP contribution in [0.2, 0.25) is 0 Å². The van der Waals surface area contributed by atoms with Crippen LogP contribution < -0.4 is 10.6 Å².